The molecule has 0 heterocycles. The Morgan fingerprint density at radius 3 is 2.56 bits per heavy atom. The van der Waals surface area contributed by atoms with Crippen LogP contribution in [-0.4, -0.2) is 17.4 Å². The van der Waals surface area contributed by atoms with E-state index in [1.807, 2.05) is 12.1 Å². The van der Waals surface area contributed by atoms with E-state index in [2.05, 4.69) is 19.2 Å². The summed E-state index contributed by atoms with van der Waals surface area (Å²) in [5, 5.41) is 13.7. The first kappa shape index (κ1) is 18.7. The van der Waals surface area contributed by atoms with Crippen molar-refractivity contribution >= 4 is 28.9 Å². The van der Waals surface area contributed by atoms with Gasteiger partial charge in [0.1, 0.15) is 11.4 Å². The van der Waals surface area contributed by atoms with Crippen molar-refractivity contribution in [2.45, 2.75) is 26.2 Å². The fourth-order valence-corrected chi connectivity index (χ4v) is 2.39. The number of amides is 1. The number of carbonyl (C=O) groups excluding carboxylic acids is 1. The van der Waals surface area contributed by atoms with E-state index in [1.165, 1.54) is 23.8 Å². The molecule has 0 bridgehead atoms. The first-order valence-electron chi connectivity index (χ1n) is 7.87. The Morgan fingerprint density at radius 2 is 1.96 bits per heavy atom. The van der Waals surface area contributed by atoms with E-state index in [1.54, 1.807) is 12.1 Å². The van der Waals surface area contributed by atoms with Gasteiger partial charge < -0.3 is 10.1 Å². The molecule has 0 radical (unpaired) electrons. The zero-order valence-electron chi connectivity index (χ0n) is 14.0. The summed E-state index contributed by atoms with van der Waals surface area (Å²) < 4.78 is 5.42. The fourth-order valence-electron chi connectivity index (χ4n) is 2.23. The zero-order chi connectivity index (χ0) is 18.4. The van der Waals surface area contributed by atoms with Crippen molar-refractivity contribution < 1.29 is 14.5 Å². The van der Waals surface area contributed by atoms with E-state index in [0.717, 1.165) is 6.42 Å². The molecule has 0 spiro atoms. The predicted molar refractivity (Wildman–Crippen MR) is 97.4 cm³/mol. The standard InChI is InChI=1S/C18H19ClN2O4/c1-3-12(2)13-4-7-15(8-5-13)25-11-18(22)20-16-9-6-14(19)10-17(16)21(23)24/h4-10,12H,3,11H2,1-2H3,(H,20,22). The molecule has 1 atom stereocenters. The number of hydrogen-bond acceptors (Lipinski definition) is 4. The van der Waals surface area contributed by atoms with Gasteiger partial charge in [0, 0.05) is 11.1 Å². The Bertz CT molecular complexity index is 762. The lowest BCUT2D eigenvalue weighted by Gasteiger charge is -2.11. The molecule has 0 fully saturated rings. The van der Waals surface area contributed by atoms with Crippen LogP contribution in [-0.2, 0) is 4.79 Å². The normalized spacial score (nSPS) is 11.6. The molecule has 0 aromatic heterocycles. The molecule has 1 N–H and O–H groups in total. The SMILES string of the molecule is CCC(C)c1ccc(OCC(=O)Nc2ccc(Cl)cc2[N+](=O)[O-])cc1. The maximum Gasteiger partial charge on any atom is 0.294 e. The number of halogens is 1. The summed E-state index contributed by atoms with van der Waals surface area (Å²) in [7, 11) is 0. The second-order valence-electron chi connectivity index (χ2n) is 5.63. The molecular formula is C18H19ClN2O4. The van der Waals surface area contributed by atoms with Crippen LogP contribution < -0.4 is 10.1 Å². The van der Waals surface area contributed by atoms with Crippen molar-refractivity contribution in [2.24, 2.45) is 0 Å². The molecular weight excluding hydrogens is 344 g/mol. The number of nitro groups is 1. The quantitative estimate of drug-likeness (QED) is 0.567. The van der Waals surface area contributed by atoms with Crippen LogP contribution in [0.2, 0.25) is 5.02 Å². The molecule has 132 valence electrons. The maximum atomic E-state index is 12.0. The highest BCUT2D eigenvalue weighted by Gasteiger charge is 2.16. The first-order chi connectivity index (χ1) is 11.9. The van der Waals surface area contributed by atoms with E-state index in [0.29, 0.717) is 11.7 Å². The molecule has 1 unspecified atom stereocenters. The number of nitrogens with one attached hydrogen (secondary N) is 1. The summed E-state index contributed by atoms with van der Waals surface area (Å²) in [6, 6.07) is 11.6. The minimum atomic E-state index is -0.601. The Morgan fingerprint density at radius 1 is 1.28 bits per heavy atom. The molecule has 0 aliphatic heterocycles. The Kier molecular flexibility index (Phi) is 6.36. The average Bonchev–Trinajstić information content (AvgIpc) is 2.61. The van der Waals surface area contributed by atoms with E-state index < -0.39 is 10.8 Å². The molecule has 0 aliphatic carbocycles. The average molecular weight is 363 g/mol. The lowest BCUT2D eigenvalue weighted by atomic mass is 9.99. The van der Waals surface area contributed by atoms with Gasteiger partial charge >= 0.3 is 0 Å². The summed E-state index contributed by atoms with van der Waals surface area (Å²) in [6.07, 6.45) is 1.04. The lowest BCUT2D eigenvalue weighted by Crippen LogP contribution is -2.20. The number of benzene rings is 2. The van der Waals surface area contributed by atoms with Crippen LogP contribution in [0.3, 0.4) is 0 Å². The van der Waals surface area contributed by atoms with Gasteiger partial charge in [-0.3, -0.25) is 14.9 Å². The van der Waals surface area contributed by atoms with Gasteiger partial charge in [0.2, 0.25) is 0 Å². The third-order valence-electron chi connectivity index (χ3n) is 3.86. The molecule has 0 saturated carbocycles. The van der Waals surface area contributed by atoms with Crippen LogP contribution in [0.5, 0.6) is 5.75 Å². The van der Waals surface area contributed by atoms with Crippen LogP contribution in [0.15, 0.2) is 42.5 Å². The summed E-state index contributed by atoms with van der Waals surface area (Å²) in [5.74, 6) is 0.534. The molecule has 7 heteroatoms. The van der Waals surface area contributed by atoms with Crippen molar-refractivity contribution in [1.82, 2.24) is 0 Å². The highest BCUT2D eigenvalue weighted by Crippen LogP contribution is 2.27. The van der Waals surface area contributed by atoms with E-state index in [-0.39, 0.29) is 23.0 Å². The summed E-state index contributed by atoms with van der Waals surface area (Å²) in [6.45, 7) is 4.01. The number of nitro benzene ring substituents is 1. The van der Waals surface area contributed by atoms with Gasteiger partial charge in [-0.25, -0.2) is 0 Å². The zero-order valence-corrected chi connectivity index (χ0v) is 14.7. The van der Waals surface area contributed by atoms with Crippen LogP contribution in [0.25, 0.3) is 0 Å². The van der Waals surface area contributed by atoms with Gasteiger partial charge in [-0.15, -0.1) is 0 Å². The van der Waals surface area contributed by atoms with Crippen molar-refractivity contribution in [3.8, 4) is 5.75 Å². The first-order valence-corrected chi connectivity index (χ1v) is 8.25. The Hall–Kier alpha value is -2.60. The van der Waals surface area contributed by atoms with E-state index >= 15 is 0 Å². The molecule has 1 amide bonds. The van der Waals surface area contributed by atoms with Crippen LogP contribution >= 0.6 is 11.6 Å². The highest BCUT2D eigenvalue weighted by molar-refractivity contribution is 6.31. The number of carbonyl (C=O) groups is 1. The summed E-state index contributed by atoms with van der Waals surface area (Å²) >= 11 is 5.74. The van der Waals surface area contributed by atoms with Gasteiger partial charge in [-0.1, -0.05) is 37.6 Å². The highest BCUT2D eigenvalue weighted by atomic mass is 35.5. The number of anilines is 1. The molecule has 25 heavy (non-hydrogen) atoms. The summed E-state index contributed by atoms with van der Waals surface area (Å²) in [4.78, 5) is 22.4. The molecule has 2 aromatic rings. The van der Waals surface area contributed by atoms with Gasteiger partial charge in [0.05, 0.1) is 4.92 Å². The van der Waals surface area contributed by atoms with Crippen molar-refractivity contribution in [3.63, 3.8) is 0 Å². The van der Waals surface area contributed by atoms with Gasteiger partial charge in [0.15, 0.2) is 6.61 Å². The minimum absolute atomic E-state index is 0.0788. The molecule has 0 aliphatic rings. The second kappa shape index (κ2) is 8.48. The monoisotopic (exact) mass is 362 g/mol. The Balaban J connectivity index is 1.96. The van der Waals surface area contributed by atoms with Gasteiger partial charge in [-0.05, 0) is 42.2 Å². The molecule has 6 nitrogen and oxygen atoms in total. The van der Waals surface area contributed by atoms with Crippen LogP contribution in [0, 0.1) is 10.1 Å². The Labute approximate surface area is 150 Å². The molecule has 2 aromatic carbocycles. The van der Waals surface area contributed by atoms with E-state index in [4.69, 9.17) is 16.3 Å². The van der Waals surface area contributed by atoms with Crippen molar-refractivity contribution in [1.29, 1.82) is 0 Å². The van der Waals surface area contributed by atoms with Crippen LogP contribution in [0.1, 0.15) is 31.7 Å². The third-order valence-corrected chi connectivity index (χ3v) is 4.10. The van der Waals surface area contributed by atoms with Crippen LogP contribution in [0.4, 0.5) is 11.4 Å². The molecule has 2 rings (SSSR count). The topological polar surface area (TPSA) is 81.5 Å². The maximum absolute atomic E-state index is 12.0. The smallest absolute Gasteiger partial charge is 0.294 e. The van der Waals surface area contributed by atoms with Crippen molar-refractivity contribution in [2.75, 3.05) is 11.9 Å². The largest absolute Gasteiger partial charge is 0.484 e. The third kappa shape index (κ3) is 5.19. The number of hydrogen-bond donors (Lipinski definition) is 1. The minimum Gasteiger partial charge on any atom is -0.484 e. The number of nitrogens with zero attached hydrogens (tertiary/aromatic N) is 1. The van der Waals surface area contributed by atoms with E-state index in [9.17, 15) is 14.9 Å². The fraction of sp³-hybridized carbons (Fsp3) is 0.278. The number of ether oxygens (including phenoxy) is 1. The molecule has 0 saturated heterocycles. The van der Waals surface area contributed by atoms with Gasteiger partial charge in [-0.2, -0.15) is 0 Å². The number of rotatable bonds is 7. The van der Waals surface area contributed by atoms with Gasteiger partial charge in [0.25, 0.3) is 11.6 Å². The van der Waals surface area contributed by atoms with Crippen molar-refractivity contribution in [3.05, 3.63) is 63.2 Å². The predicted octanol–water partition coefficient (Wildman–Crippen LogP) is 4.78. The summed E-state index contributed by atoms with van der Waals surface area (Å²) in [5.41, 5.74) is 1.02. The second-order valence-corrected chi connectivity index (χ2v) is 6.07. The lowest BCUT2D eigenvalue weighted by molar-refractivity contribution is -0.383.